The molecule has 1 fully saturated rings. The molecule has 0 saturated carbocycles. The van der Waals surface area contributed by atoms with E-state index in [2.05, 4.69) is 20.2 Å². The van der Waals surface area contributed by atoms with Crippen molar-refractivity contribution in [2.45, 2.75) is 12.8 Å². The summed E-state index contributed by atoms with van der Waals surface area (Å²) in [5.41, 5.74) is 2.91. The van der Waals surface area contributed by atoms with Crippen LogP contribution in [-0.2, 0) is 0 Å². The Morgan fingerprint density at radius 3 is 2.42 bits per heavy atom. The lowest BCUT2D eigenvalue weighted by atomic mass is 10.2. The molecule has 31 heavy (non-hydrogen) atoms. The second-order valence-corrected chi connectivity index (χ2v) is 7.50. The van der Waals surface area contributed by atoms with Crippen LogP contribution in [0, 0.1) is 0 Å². The topological polar surface area (TPSA) is 59.5 Å². The van der Waals surface area contributed by atoms with Gasteiger partial charge in [-0.15, -0.1) is 0 Å². The number of nitrogens with one attached hydrogen (secondary N) is 1. The summed E-state index contributed by atoms with van der Waals surface area (Å²) in [5, 5.41) is 3.22. The van der Waals surface area contributed by atoms with E-state index in [1.165, 1.54) is 25.9 Å². The summed E-state index contributed by atoms with van der Waals surface area (Å²) < 4.78 is 11.1. The molecule has 0 bridgehead atoms. The number of anilines is 2. The third-order valence-electron chi connectivity index (χ3n) is 5.22. The van der Waals surface area contributed by atoms with Crippen LogP contribution in [0.2, 0.25) is 0 Å². The van der Waals surface area contributed by atoms with Gasteiger partial charge in [0.15, 0.2) is 0 Å². The van der Waals surface area contributed by atoms with E-state index in [0.717, 1.165) is 41.5 Å². The molecule has 1 N–H and O–H groups in total. The van der Waals surface area contributed by atoms with E-state index < -0.39 is 0 Å². The van der Waals surface area contributed by atoms with Gasteiger partial charge in [-0.25, -0.2) is 9.97 Å². The van der Waals surface area contributed by atoms with Crippen molar-refractivity contribution in [2.24, 2.45) is 0 Å². The first kappa shape index (κ1) is 20.9. The van der Waals surface area contributed by atoms with Crippen LogP contribution in [0.5, 0.6) is 11.5 Å². The van der Waals surface area contributed by atoms with E-state index in [9.17, 15) is 0 Å². The summed E-state index contributed by atoms with van der Waals surface area (Å²) in [6.07, 6.45) is 10.2. The first-order valence-electron chi connectivity index (χ1n) is 10.6. The van der Waals surface area contributed by atoms with Gasteiger partial charge in [-0.1, -0.05) is 24.3 Å². The zero-order chi connectivity index (χ0) is 21.3. The molecule has 0 unspecified atom stereocenters. The van der Waals surface area contributed by atoms with Crippen molar-refractivity contribution in [3.8, 4) is 11.5 Å². The summed E-state index contributed by atoms with van der Waals surface area (Å²) in [5.74, 6) is 2.27. The molecular formula is C25H28N4O2. The zero-order valence-electron chi connectivity index (χ0n) is 17.8. The Morgan fingerprint density at radius 2 is 1.68 bits per heavy atom. The summed E-state index contributed by atoms with van der Waals surface area (Å²) >= 11 is 0. The summed E-state index contributed by atoms with van der Waals surface area (Å²) in [7, 11) is 1.67. The van der Waals surface area contributed by atoms with Crippen LogP contribution in [-0.4, -0.2) is 48.2 Å². The normalized spacial score (nSPS) is 14.1. The van der Waals surface area contributed by atoms with Crippen LogP contribution >= 0.6 is 0 Å². The Balaban J connectivity index is 1.27. The molecule has 0 aliphatic carbocycles. The Bertz CT molecular complexity index is 981. The molecule has 0 radical (unpaired) electrons. The number of ether oxygens (including phenoxy) is 2. The Morgan fingerprint density at radius 1 is 0.935 bits per heavy atom. The Hall–Kier alpha value is -3.38. The number of rotatable bonds is 9. The zero-order valence-corrected chi connectivity index (χ0v) is 17.8. The summed E-state index contributed by atoms with van der Waals surface area (Å²) in [6, 6.07) is 15.8. The fourth-order valence-corrected chi connectivity index (χ4v) is 3.49. The molecule has 6 nitrogen and oxygen atoms in total. The number of aromatic nitrogens is 2. The van der Waals surface area contributed by atoms with E-state index in [-0.39, 0.29) is 0 Å². The third kappa shape index (κ3) is 6.30. The number of methoxy groups -OCH3 is 1. The molecule has 1 aromatic heterocycles. The quantitative estimate of drug-likeness (QED) is 0.537. The van der Waals surface area contributed by atoms with Gasteiger partial charge in [0.1, 0.15) is 18.1 Å². The molecule has 2 aromatic carbocycles. The minimum absolute atomic E-state index is 0.557. The van der Waals surface area contributed by atoms with Gasteiger partial charge in [-0.3, -0.25) is 4.90 Å². The predicted octanol–water partition coefficient (Wildman–Crippen LogP) is 4.87. The third-order valence-corrected chi connectivity index (χ3v) is 5.22. The van der Waals surface area contributed by atoms with Gasteiger partial charge in [0, 0.05) is 30.2 Å². The first-order chi connectivity index (χ1) is 15.3. The van der Waals surface area contributed by atoms with Crippen molar-refractivity contribution in [3.63, 3.8) is 0 Å². The highest BCUT2D eigenvalue weighted by atomic mass is 16.5. The van der Waals surface area contributed by atoms with E-state index in [4.69, 9.17) is 9.47 Å². The fraction of sp³-hybridized carbons (Fsp3) is 0.280. The second-order valence-electron chi connectivity index (χ2n) is 7.50. The molecule has 1 aliphatic rings. The minimum Gasteiger partial charge on any atom is -0.497 e. The molecule has 0 spiro atoms. The highest BCUT2D eigenvalue weighted by molar-refractivity contribution is 5.69. The molecule has 1 saturated heterocycles. The Labute approximate surface area is 183 Å². The summed E-state index contributed by atoms with van der Waals surface area (Å²) in [4.78, 5) is 11.2. The second kappa shape index (κ2) is 10.6. The van der Waals surface area contributed by atoms with Crippen molar-refractivity contribution < 1.29 is 9.47 Å². The monoisotopic (exact) mass is 416 g/mol. The van der Waals surface area contributed by atoms with Crippen molar-refractivity contribution >= 4 is 23.8 Å². The van der Waals surface area contributed by atoms with Gasteiger partial charge in [0.2, 0.25) is 5.95 Å². The van der Waals surface area contributed by atoms with E-state index in [1.807, 2.05) is 60.7 Å². The van der Waals surface area contributed by atoms with Gasteiger partial charge in [-0.05, 0) is 67.9 Å². The highest BCUT2D eigenvalue weighted by Crippen LogP contribution is 2.19. The van der Waals surface area contributed by atoms with Crippen molar-refractivity contribution in [1.82, 2.24) is 14.9 Å². The number of hydrogen-bond donors (Lipinski definition) is 1. The molecule has 160 valence electrons. The van der Waals surface area contributed by atoms with Crippen LogP contribution in [0.1, 0.15) is 24.0 Å². The van der Waals surface area contributed by atoms with Crippen molar-refractivity contribution in [2.75, 3.05) is 38.7 Å². The van der Waals surface area contributed by atoms with Gasteiger partial charge in [-0.2, -0.15) is 0 Å². The SMILES string of the molecule is COc1cccc(/C=C/c2cnc(Nc3ccc(OCCN4CCCC4)cc3)nc2)c1. The minimum atomic E-state index is 0.557. The number of likely N-dealkylation sites (tertiary alicyclic amines) is 1. The van der Waals surface area contributed by atoms with E-state index in [0.29, 0.717) is 5.95 Å². The van der Waals surface area contributed by atoms with Gasteiger partial charge in [0.25, 0.3) is 0 Å². The molecule has 6 heteroatoms. The average molecular weight is 417 g/mol. The molecule has 4 rings (SSSR count). The standard InChI is InChI=1S/C25H28N4O2/c1-30-24-6-4-5-20(17-24)7-8-21-18-26-25(27-19-21)28-22-9-11-23(12-10-22)31-16-15-29-13-2-3-14-29/h4-12,17-19H,2-3,13-16H2,1H3,(H,26,27,28)/b8-7+. The lowest BCUT2D eigenvalue weighted by molar-refractivity contribution is 0.238. The largest absolute Gasteiger partial charge is 0.497 e. The maximum Gasteiger partial charge on any atom is 0.227 e. The van der Waals surface area contributed by atoms with E-state index >= 15 is 0 Å². The van der Waals surface area contributed by atoms with Crippen LogP contribution in [0.15, 0.2) is 60.9 Å². The van der Waals surface area contributed by atoms with Crippen LogP contribution < -0.4 is 14.8 Å². The van der Waals surface area contributed by atoms with Gasteiger partial charge < -0.3 is 14.8 Å². The van der Waals surface area contributed by atoms with Crippen LogP contribution in [0.4, 0.5) is 11.6 Å². The molecule has 0 atom stereocenters. The van der Waals surface area contributed by atoms with Crippen LogP contribution in [0.25, 0.3) is 12.2 Å². The maximum atomic E-state index is 5.85. The summed E-state index contributed by atoms with van der Waals surface area (Å²) in [6.45, 7) is 4.11. The molecule has 1 aliphatic heterocycles. The maximum absolute atomic E-state index is 5.85. The van der Waals surface area contributed by atoms with Gasteiger partial charge >= 0.3 is 0 Å². The highest BCUT2D eigenvalue weighted by Gasteiger charge is 2.10. The molecule has 0 amide bonds. The molecular weight excluding hydrogens is 388 g/mol. The molecule has 2 heterocycles. The smallest absolute Gasteiger partial charge is 0.227 e. The lowest BCUT2D eigenvalue weighted by Gasteiger charge is -2.15. The lowest BCUT2D eigenvalue weighted by Crippen LogP contribution is -2.25. The first-order valence-corrected chi connectivity index (χ1v) is 10.6. The van der Waals surface area contributed by atoms with Gasteiger partial charge in [0.05, 0.1) is 7.11 Å². The molecule has 3 aromatic rings. The van der Waals surface area contributed by atoms with E-state index in [1.54, 1.807) is 19.5 Å². The van der Waals surface area contributed by atoms with Crippen molar-refractivity contribution in [1.29, 1.82) is 0 Å². The van der Waals surface area contributed by atoms with Crippen LogP contribution in [0.3, 0.4) is 0 Å². The number of nitrogens with zero attached hydrogens (tertiary/aromatic N) is 3. The fourth-order valence-electron chi connectivity index (χ4n) is 3.49. The predicted molar refractivity (Wildman–Crippen MR) is 125 cm³/mol. The Kier molecular flexibility index (Phi) is 7.13. The average Bonchev–Trinajstić information content (AvgIpc) is 3.33. The number of benzene rings is 2. The number of hydrogen-bond acceptors (Lipinski definition) is 6. The van der Waals surface area contributed by atoms with Crippen molar-refractivity contribution in [3.05, 3.63) is 72.1 Å².